The first kappa shape index (κ1) is 14.0. The van der Waals surface area contributed by atoms with Crippen LogP contribution in [0.3, 0.4) is 0 Å². The molecule has 5 nitrogen and oxygen atoms in total. The fraction of sp³-hybridized carbons (Fsp3) is 0.562. The van der Waals surface area contributed by atoms with Crippen LogP contribution in [0.15, 0.2) is 24.5 Å². The van der Waals surface area contributed by atoms with Gasteiger partial charge in [0.15, 0.2) is 0 Å². The molecule has 0 radical (unpaired) electrons. The van der Waals surface area contributed by atoms with E-state index in [9.17, 15) is 9.59 Å². The molecule has 5 heteroatoms. The van der Waals surface area contributed by atoms with Crippen molar-refractivity contribution in [3.63, 3.8) is 0 Å². The van der Waals surface area contributed by atoms with Gasteiger partial charge in [0.05, 0.1) is 0 Å². The van der Waals surface area contributed by atoms with Crippen LogP contribution in [0.25, 0.3) is 0 Å². The molecule has 1 aromatic rings. The second kappa shape index (κ2) is 5.47. The zero-order valence-corrected chi connectivity index (χ0v) is 12.3. The van der Waals surface area contributed by atoms with Crippen LogP contribution in [0.4, 0.5) is 0 Å². The number of amides is 2. The second-order valence-corrected chi connectivity index (χ2v) is 6.13. The number of aromatic nitrogens is 1. The molecule has 0 unspecified atom stereocenters. The minimum atomic E-state index is -0.0111. The van der Waals surface area contributed by atoms with Gasteiger partial charge in [0.2, 0.25) is 5.91 Å². The van der Waals surface area contributed by atoms with E-state index in [2.05, 4.69) is 10.3 Å². The molecule has 3 rings (SSSR count). The molecule has 1 saturated carbocycles. The van der Waals surface area contributed by atoms with Gasteiger partial charge in [-0.1, -0.05) is 6.42 Å². The molecule has 2 aliphatic rings. The van der Waals surface area contributed by atoms with Crippen LogP contribution in [-0.4, -0.2) is 41.8 Å². The summed E-state index contributed by atoms with van der Waals surface area (Å²) in [6.07, 6.45) is 7.28. The summed E-state index contributed by atoms with van der Waals surface area (Å²) in [7, 11) is 1.70. The zero-order chi connectivity index (χ0) is 14.9. The predicted octanol–water partition coefficient (Wildman–Crippen LogP) is 1.46. The number of hydrogen-bond donors (Lipinski definition) is 1. The number of hydrogen-bond acceptors (Lipinski definition) is 3. The first-order chi connectivity index (χ1) is 10.2. The highest BCUT2D eigenvalue weighted by Gasteiger charge is 2.51. The van der Waals surface area contributed by atoms with Gasteiger partial charge in [0.25, 0.3) is 5.91 Å². The SMILES string of the molecule is CNC(=O)[C@@H]1CCC[C@@]12CCN(C(=O)c1ccncc1)C2. The Labute approximate surface area is 124 Å². The molecule has 0 bridgehead atoms. The molecule has 1 aliphatic heterocycles. The standard InChI is InChI=1S/C16H21N3O2/c1-17-14(20)13-3-2-6-16(13)7-10-19(11-16)15(21)12-4-8-18-9-5-12/h4-5,8-9,13H,2-3,6-7,10-11H2,1H3,(H,17,20)/t13-,16-/m0/s1. The Kier molecular flexibility index (Phi) is 3.66. The number of carbonyl (C=O) groups excluding carboxylic acids is 2. The van der Waals surface area contributed by atoms with Crippen molar-refractivity contribution in [3.8, 4) is 0 Å². The van der Waals surface area contributed by atoms with Crippen molar-refractivity contribution in [2.75, 3.05) is 20.1 Å². The summed E-state index contributed by atoms with van der Waals surface area (Å²) in [6.45, 7) is 1.45. The van der Waals surface area contributed by atoms with Gasteiger partial charge in [-0.2, -0.15) is 0 Å². The van der Waals surface area contributed by atoms with Gasteiger partial charge in [-0.3, -0.25) is 14.6 Å². The molecule has 21 heavy (non-hydrogen) atoms. The summed E-state index contributed by atoms with van der Waals surface area (Å²) in [6, 6.07) is 3.50. The molecule has 1 N–H and O–H groups in total. The Morgan fingerprint density at radius 2 is 2.10 bits per heavy atom. The van der Waals surface area contributed by atoms with Crippen LogP contribution < -0.4 is 5.32 Å². The van der Waals surface area contributed by atoms with E-state index in [0.29, 0.717) is 12.1 Å². The van der Waals surface area contributed by atoms with E-state index in [4.69, 9.17) is 0 Å². The number of likely N-dealkylation sites (tertiary alicyclic amines) is 1. The number of nitrogens with one attached hydrogen (secondary N) is 1. The van der Waals surface area contributed by atoms with Crippen LogP contribution in [0.2, 0.25) is 0 Å². The maximum atomic E-state index is 12.5. The lowest BCUT2D eigenvalue weighted by Crippen LogP contribution is -2.40. The highest BCUT2D eigenvalue weighted by atomic mass is 16.2. The first-order valence-corrected chi connectivity index (χ1v) is 7.57. The molecule has 2 heterocycles. The highest BCUT2D eigenvalue weighted by Crippen LogP contribution is 2.49. The van der Waals surface area contributed by atoms with Crippen LogP contribution in [0.5, 0.6) is 0 Å². The second-order valence-electron chi connectivity index (χ2n) is 6.13. The number of nitrogens with zero attached hydrogens (tertiary/aromatic N) is 2. The van der Waals surface area contributed by atoms with E-state index < -0.39 is 0 Å². The molecular weight excluding hydrogens is 266 g/mol. The Morgan fingerprint density at radius 1 is 1.33 bits per heavy atom. The Bertz CT molecular complexity index is 546. The van der Waals surface area contributed by atoms with Crippen LogP contribution >= 0.6 is 0 Å². The van der Waals surface area contributed by atoms with E-state index in [1.807, 2.05) is 4.90 Å². The van der Waals surface area contributed by atoms with Gasteiger partial charge in [0.1, 0.15) is 0 Å². The number of pyridine rings is 1. The van der Waals surface area contributed by atoms with E-state index >= 15 is 0 Å². The molecule has 0 aromatic carbocycles. The maximum absolute atomic E-state index is 12.5. The quantitative estimate of drug-likeness (QED) is 0.895. The summed E-state index contributed by atoms with van der Waals surface area (Å²) in [5.41, 5.74) is 0.666. The van der Waals surface area contributed by atoms with Crippen LogP contribution in [0, 0.1) is 11.3 Å². The van der Waals surface area contributed by atoms with Gasteiger partial charge < -0.3 is 10.2 Å². The molecule has 112 valence electrons. The lowest BCUT2D eigenvalue weighted by Gasteiger charge is -2.30. The number of carbonyl (C=O) groups is 2. The van der Waals surface area contributed by atoms with Gasteiger partial charge in [0, 0.05) is 49.4 Å². The summed E-state index contributed by atoms with van der Waals surface area (Å²) < 4.78 is 0. The van der Waals surface area contributed by atoms with E-state index in [0.717, 1.165) is 32.2 Å². The summed E-state index contributed by atoms with van der Waals surface area (Å²) in [4.78, 5) is 30.5. The zero-order valence-electron chi connectivity index (χ0n) is 12.3. The lowest BCUT2D eigenvalue weighted by atomic mass is 9.76. The van der Waals surface area contributed by atoms with Gasteiger partial charge in [-0.25, -0.2) is 0 Å². The fourth-order valence-electron chi connectivity index (χ4n) is 3.96. The Hall–Kier alpha value is -1.91. The third-order valence-corrected chi connectivity index (χ3v) is 5.07. The largest absolute Gasteiger partial charge is 0.359 e. The monoisotopic (exact) mass is 287 g/mol. The van der Waals surface area contributed by atoms with E-state index in [-0.39, 0.29) is 23.1 Å². The highest BCUT2D eigenvalue weighted by molar-refractivity contribution is 5.94. The lowest BCUT2D eigenvalue weighted by molar-refractivity contribution is -0.127. The van der Waals surface area contributed by atoms with Crippen molar-refractivity contribution in [3.05, 3.63) is 30.1 Å². The topological polar surface area (TPSA) is 62.3 Å². The van der Waals surface area contributed by atoms with Gasteiger partial charge in [-0.15, -0.1) is 0 Å². The van der Waals surface area contributed by atoms with Crippen molar-refractivity contribution >= 4 is 11.8 Å². The van der Waals surface area contributed by atoms with Gasteiger partial charge in [-0.05, 0) is 31.4 Å². The van der Waals surface area contributed by atoms with Crippen LogP contribution in [0.1, 0.15) is 36.0 Å². The summed E-state index contributed by atoms with van der Waals surface area (Å²) in [5, 5.41) is 2.78. The minimum Gasteiger partial charge on any atom is -0.359 e. The molecule has 1 aromatic heterocycles. The fourth-order valence-corrected chi connectivity index (χ4v) is 3.96. The van der Waals surface area contributed by atoms with Crippen molar-refractivity contribution in [1.82, 2.24) is 15.2 Å². The van der Waals surface area contributed by atoms with Crippen LogP contribution in [-0.2, 0) is 4.79 Å². The molecule has 2 amide bonds. The molecule has 2 atom stereocenters. The molecular formula is C16H21N3O2. The average molecular weight is 287 g/mol. The van der Waals surface area contributed by atoms with E-state index in [1.54, 1.807) is 31.6 Å². The number of rotatable bonds is 2. The Morgan fingerprint density at radius 3 is 2.81 bits per heavy atom. The molecule has 2 fully saturated rings. The molecule has 1 saturated heterocycles. The minimum absolute atomic E-state index is 0.0111. The maximum Gasteiger partial charge on any atom is 0.253 e. The smallest absolute Gasteiger partial charge is 0.253 e. The van der Waals surface area contributed by atoms with Crippen molar-refractivity contribution in [2.45, 2.75) is 25.7 Å². The van der Waals surface area contributed by atoms with Gasteiger partial charge >= 0.3 is 0 Å². The normalized spacial score (nSPS) is 28.0. The van der Waals surface area contributed by atoms with Crippen molar-refractivity contribution in [2.24, 2.45) is 11.3 Å². The van der Waals surface area contributed by atoms with E-state index in [1.165, 1.54) is 0 Å². The van der Waals surface area contributed by atoms with Crippen molar-refractivity contribution < 1.29 is 9.59 Å². The molecule has 1 spiro atoms. The third-order valence-electron chi connectivity index (χ3n) is 5.07. The van der Waals surface area contributed by atoms with Crippen molar-refractivity contribution in [1.29, 1.82) is 0 Å². The molecule has 1 aliphatic carbocycles. The first-order valence-electron chi connectivity index (χ1n) is 7.57. The predicted molar refractivity (Wildman–Crippen MR) is 78.6 cm³/mol. The summed E-state index contributed by atoms with van der Waals surface area (Å²) >= 11 is 0. The summed E-state index contributed by atoms with van der Waals surface area (Å²) in [5.74, 6) is 0.236. The average Bonchev–Trinajstić information content (AvgIpc) is 3.14. The third kappa shape index (κ3) is 2.41. The Balaban J connectivity index is 1.76.